The molecule has 1 saturated carbocycles. The van der Waals surface area contributed by atoms with Gasteiger partial charge in [-0.15, -0.1) is 0 Å². The first-order chi connectivity index (χ1) is 8.48. The summed E-state index contributed by atoms with van der Waals surface area (Å²) in [5, 5.41) is 0. The number of rotatable bonds is 5. The molecule has 2 atom stereocenters. The minimum absolute atomic E-state index is 0.0517. The number of hydrogen-bond acceptors (Lipinski definition) is 3. The van der Waals surface area contributed by atoms with Crippen molar-refractivity contribution in [3.63, 3.8) is 0 Å². The summed E-state index contributed by atoms with van der Waals surface area (Å²) in [6.07, 6.45) is 1.21. The fourth-order valence-corrected chi connectivity index (χ4v) is 2.93. The maximum Gasteiger partial charge on any atom is 0.236 e. The molecule has 0 bridgehead atoms. The summed E-state index contributed by atoms with van der Waals surface area (Å²) >= 11 is 0. The molecule has 5 heteroatoms. The highest BCUT2D eigenvalue weighted by atomic mass is 32.2. The van der Waals surface area contributed by atoms with E-state index in [1.165, 1.54) is 0 Å². The summed E-state index contributed by atoms with van der Waals surface area (Å²) in [5.41, 5.74) is 0.954. The molecule has 4 nitrogen and oxygen atoms in total. The van der Waals surface area contributed by atoms with Crippen molar-refractivity contribution < 1.29 is 13.2 Å². The summed E-state index contributed by atoms with van der Waals surface area (Å²) < 4.78 is 25.6. The number of hydrogen-bond donors (Lipinski definition) is 1. The zero-order valence-corrected chi connectivity index (χ0v) is 11.1. The number of carbonyl (C=O) groups excluding carboxylic acids is 1. The first kappa shape index (κ1) is 13.1. The van der Waals surface area contributed by atoms with Gasteiger partial charge in [0.15, 0.2) is 0 Å². The average molecular weight is 267 g/mol. The molecule has 0 heterocycles. The van der Waals surface area contributed by atoms with E-state index in [1.807, 2.05) is 37.3 Å². The topological polar surface area (TPSA) is 63.2 Å². The van der Waals surface area contributed by atoms with Crippen LogP contribution in [-0.4, -0.2) is 20.1 Å². The van der Waals surface area contributed by atoms with Crippen molar-refractivity contribution in [3.8, 4) is 0 Å². The third-order valence-electron chi connectivity index (χ3n) is 3.20. The Kier molecular flexibility index (Phi) is 3.71. The summed E-state index contributed by atoms with van der Waals surface area (Å²) in [7, 11) is -3.51. The van der Waals surface area contributed by atoms with E-state index < -0.39 is 10.0 Å². The van der Waals surface area contributed by atoms with Gasteiger partial charge in [0.25, 0.3) is 0 Å². The quantitative estimate of drug-likeness (QED) is 0.875. The van der Waals surface area contributed by atoms with E-state index in [-0.39, 0.29) is 17.6 Å². The van der Waals surface area contributed by atoms with E-state index in [9.17, 15) is 13.2 Å². The van der Waals surface area contributed by atoms with Crippen LogP contribution >= 0.6 is 0 Å². The third-order valence-corrected chi connectivity index (χ3v) is 4.46. The van der Waals surface area contributed by atoms with Gasteiger partial charge < -0.3 is 0 Å². The van der Waals surface area contributed by atoms with E-state index in [4.69, 9.17) is 0 Å². The Labute approximate surface area is 107 Å². The SMILES string of the molecule is C[C@@H]1C[C@H]1C(=O)NS(=O)(=O)CCc1ccccc1. The molecule has 2 rings (SSSR count). The molecule has 98 valence electrons. The van der Waals surface area contributed by atoms with Crippen LogP contribution in [0.15, 0.2) is 30.3 Å². The minimum atomic E-state index is -3.51. The highest BCUT2D eigenvalue weighted by Gasteiger charge is 2.40. The first-order valence-corrected chi connectivity index (χ1v) is 7.71. The van der Waals surface area contributed by atoms with Gasteiger partial charge in [0.05, 0.1) is 5.75 Å². The molecule has 0 spiro atoms. The van der Waals surface area contributed by atoms with Gasteiger partial charge in [-0.05, 0) is 24.3 Å². The molecule has 1 aliphatic carbocycles. The Morgan fingerprint density at radius 3 is 2.50 bits per heavy atom. The van der Waals surface area contributed by atoms with Gasteiger partial charge in [-0.2, -0.15) is 0 Å². The van der Waals surface area contributed by atoms with Crippen LogP contribution in [0.1, 0.15) is 18.9 Å². The maximum atomic E-state index is 11.7. The van der Waals surface area contributed by atoms with Crippen LogP contribution < -0.4 is 4.72 Å². The summed E-state index contributed by atoms with van der Waals surface area (Å²) in [4.78, 5) is 11.6. The van der Waals surface area contributed by atoms with Gasteiger partial charge in [0.2, 0.25) is 15.9 Å². The van der Waals surface area contributed by atoms with Crippen molar-refractivity contribution >= 4 is 15.9 Å². The normalized spacial score (nSPS) is 22.5. The van der Waals surface area contributed by atoms with Crippen LogP contribution in [0.5, 0.6) is 0 Å². The van der Waals surface area contributed by atoms with Crippen molar-refractivity contribution in [1.82, 2.24) is 4.72 Å². The predicted octanol–water partition coefficient (Wildman–Crippen LogP) is 1.33. The van der Waals surface area contributed by atoms with Gasteiger partial charge in [0.1, 0.15) is 0 Å². The number of aryl methyl sites for hydroxylation is 1. The standard InChI is InChI=1S/C13H17NO3S/c1-10-9-12(10)13(15)14-18(16,17)8-7-11-5-3-2-4-6-11/h2-6,10,12H,7-9H2,1H3,(H,14,15)/t10-,12-/m1/s1. The second-order valence-corrected chi connectivity index (χ2v) is 6.68. The van der Waals surface area contributed by atoms with Crippen LogP contribution in [0.4, 0.5) is 0 Å². The van der Waals surface area contributed by atoms with Gasteiger partial charge >= 0.3 is 0 Å². The molecule has 18 heavy (non-hydrogen) atoms. The lowest BCUT2D eigenvalue weighted by Gasteiger charge is -2.06. The monoisotopic (exact) mass is 267 g/mol. The Bertz CT molecular complexity index is 524. The Hall–Kier alpha value is -1.36. The zero-order valence-electron chi connectivity index (χ0n) is 10.3. The molecule has 0 aliphatic heterocycles. The Morgan fingerprint density at radius 1 is 1.33 bits per heavy atom. The second kappa shape index (κ2) is 5.10. The smallest absolute Gasteiger partial charge is 0.236 e. The lowest BCUT2D eigenvalue weighted by molar-refractivity contribution is -0.120. The van der Waals surface area contributed by atoms with E-state index in [2.05, 4.69) is 4.72 Å². The third kappa shape index (κ3) is 3.57. The molecule has 1 aromatic carbocycles. The van der Waals surface area contributed by atoms with Crippen molar-refractivity contribution in [1.29, 1.82) is 0 Å². The van der Waals surface area contributed by atoms with Gasteiger partial charge in [-0.3, -0.25) is 9.52 Å². The molecule has 1 fully saturated rings. The van der Waals surface area contributed by atoms with E-state index in [1.54, 1.807) is 0 Å². The second-order valence-electron chi connectivity index (χ2n) is 4.84. The number of sulfonamides is 1. The molecule has 0 unspecified atom stereocenters. The van der Waals surface area contributed by atoms with Crippen LogP contribution in [0, 0.1) is 11.8 Å². The van der Waals surface area contributed by atoms with Crippen LogP contribution in [0.2, 0.25) is 0 Å². The Balaban J connectivity index is 1.86. The zero-order chi connectivity index (χ0) is 13.2. The molecule has 1 aromatic rings. The lowest BCUT2D eigenvalue weighted by atomic mass is 10.2. The molecule has 0 aromatic heterocycles. The minimum Gasteiger partial charge on any atom is -0.274 e. The number of benzene rings is 1. The van der Waals surface area contributed by atoms with Crippen LogP contribution in [0.3, 0.4) is 0 Å². The van der Waals surface area contributed by atoms with Crippen molar-refractivity contribution in [2.45, 2.75) is 19.8 Å². The lowest BCUT2D eigenvalue weighted by Crippen LogP contribution is -2.34. The predicted molar refractivity (Wildman–Crippen MR) is 69.3 cm³/mol. The molecule has 1 N–H and O–H groups in total. The van der Waals surface area contributed by atoms with Gasteiger partial charge in [-0.1, -0.05) is 37.3 Å². The van der Waals surface area contributed by atoms with Gasteiger partial charge in [0, 0.05) is 5.92 Å². The van der Waals surface area contributed by atoms with Crippen LogP contribution in [0.25, 0.3) is 0 Å². The molecular weight excluding hydrogens is 250 g/mol. The fourth-order valence-electron chi connectivity index (χ4n) is 1.86. The molecule has 1 amide bonds. The average Bonchev–Trinajstić information content (AvgIpc) is 3.05. The number of nitrogens with one attached hydrogen (secondary N) is 1. The fraction of sp³-hybridized carbons (Fsp3) is 0.462. The largest absolute Gasteiger partial charge is 0.274 e. The highest BCUT2D eigenvalue weighted by Crippen LogP contribution is 2.37. The summed E-state index contributed by atoms with van der Waals surface area (Å²) in [5.74, 6) is -0.203. The molecular formula is C13H17NO3S. The van der Waals surface area contributed by atoms with E-state index in [0.717, 1.165) is 12.0 Å². The Morgan fingerprint density at radius 2 is 1.94 bits per heavy atom. The van der Waals surface area contributed by atoms with E-state index in [0.29, 0.717) is 12.3 Å². The first-order valence-electron chi connectivity index (χ1n) is 6.06. The van der Waals surface area contributed by atoms with Crippen LogP contribution in [-0.2, 0) is 21.2 Å². The van der Waals surface area contributed by atoms with Gasteiger partial charge in [-0.25, -0.2) is 8.42 Å². The number of carbonyl (C=O) groups is 1. The molecule has 1 aliphatic rings. The summed E-state index contributed by atoms with van der Waals surface area (Å²) in [6.45, 7) is 1.95. The number of amides is 1. The van der Waals surface area contributed by atoms with E-state index >= 15 is 0 Å². The highest BCUT2D eigenvalue weighted by molar-refractivity contribution is 7.90. The maximum absolute atomic E-state index is 11.7. The van der Waals surface area contributed by atoms with Crippen molar-refractivity contribution in [2.24, 2.45) is 11.8 Å². The van der Waals surface area contributed by atoms with Crippen molar-refractivity contribution in [2.75, 3.05) is 5.75 Å². The molecule has 0 radical (unpaired) electrons. The molecule has 0 saturated heterocycles. The van der Waals surface area contributed by atoms with Crippen molar-refractivity contribution in [3.05, 3.63) is 35.9 Å². The summed E-state index contributed by atoms with van der Waals surface area (Å²) in [6, 6.07) is 9.37.